The summed E-state index contributed by atoms with van der Waals surface area (Å²) in [7, 11) is 1.63. The van der Waals surface area contributed by atoms with Crippen molar-refractivity contribution in [1.29, 1.82) is 0 Å². The summed E-state index contributed by atoms with van der Waals surface area (Å²) in [4.78, 5) is 13.0. The SMILES string of the molecule is COc1cccc(N2CCOCC2)c1CC=O. The summed E-state index contributed by atoms with van der Waals surface area (Å²) in [5, 5.41) is 0. The Kier molecular flexibility index (Phi) is 3.98. The number of anilines is 1. The molecule has 0 amide bonds. The molecule has 4 heteroatoms. The number of carbonyl (C=O) groups excluding carboxylic acids is 1. The normalized spacial score (nSPS) is 15.7. The van der Waals surface area contributed by atoms with Crippen molar-refractivity contribution in [1.82, 2.24) is 0 Å². The quantitative estimate of drug-likeness (QED) is 0.737. The molecule has 0 unspecified atom stereocenters. The molecule has 0 atom stereocenters. The van der Waals surface area contributed by atoms with Gasteiger partial charge in [0.05, 0.1) is 20.3 Å². The fourth-order valence-electron chi connectivity index (χ4n) is 2.13. The number of aldehydes is 1. The molecule has 2 rings (SSSR count). The van der Waals surface area contributed by atoms with Crippen LogP contribution in [0.15, 0.2) is 18.2 Å². The minimum Gasteiger partial charge on any atom is -0.496 e. The molecule has 0 aliphatic carbocycles. The predicted octanol–water partition coefficient (Wildman–Crippen LogP) is 1.27. The van der Waals surface area contributed by atoms with Crippen LogP contribution in [0.3, 0.4) is 0 Å². The van der Waals surface area contributed by atoms with Gasteiger partial charge in [-0.1, -0.05) is 6.07 Å². The van der Waals surface area contributed by atoms with E-state index in [1.54, 1.807) is 7.11 Å². The molecule has 0 bridgehead atoms. The van der Waals surface area contributed by atoms with E-state index in [9.17, 15) is 4.79 Å². The fraction of sp³-hybridized carbons (Fsp3) is 0.462. The van der Waals surface area contributed by atoms with Crippen LogP contribution < -0.4 is 9.64 Å². The first-order valence-corrected chi connectivity index (χ1v) is 5.79. The van der Waals surface area contributed by atoms with Gasteiger partial charge in [-0.15, -0.1) is 0 Å². The number of nitrogens with zero attached hydrogens (tertiary/aromatic N) is 1. The lowest BCUT2D eigenvalue weighted by molar-refractivity contribution is -0.107. The first kappa shape index (κ1) is 11.9. The monoisotopic (exact) mass is 235 g/mol. The molecular weight excluding hydrogens is 218 g/mol. The van der Waals surface area contributed by atoms with Crippen LogP contribution in [-0.2, 0) is 16.0 Å². The number of ether oxygens (including phenoxy) is 2. The number of hydrogen-bond acceptors (Lipinski definition) is 4. The van der Waals surface area contributed by atoms with Gasteiger partial charge in [0.1, 0.15) is 12.0 Å². The average molecular weight is 235 g/mol. The van der Waals surface area contributed by atoms with Crippen molar-refractivity contribution in [2.24, 2.45) is 0 Å². The summed E-state index contributed by atoms with van der Waals surface area (Å²) in [5.41, 5.74) is 2.05. The molecular formula is C13H17NO3. The van der Waals surface area contributed by atoms with Crippen molar-refractivity contribution < 1.29 is 14.3 Å². The molecule has 1 aliphatic rings. The molecule has 92 valence electrons. The lowest BCUT2D eigenvalue weighted by Gasteiger charge is -2.30. The van der Waals surface area contributed by atoms with Gasteiger partial charge in [-0.2, -0.15) is 0 Å². The molecule has 0 radical (unpaired) electrons. The van der Waals surface area contributed by atoms with E-state index in [4.69, 9.17) is 9.47 Å². The van der Waals surface area contributed by atoms with Crippen molar-refractivity contribution in [3.63, 3.8) is 0 Å². The van der Waals surface area contributed by atoms with Gasteiger partial charge < -0.3 is 19.2 Å². The van der Waals surface area contributed by atoms with E-state index in [1.165, 1.54) is 0 Å². The summed E-state index contributed by atoms with van der Waals surface area (Å²) in [5.74, 6) is 0.779. The number of carbonyl (C=O) groups is 1. The fourth-order valence-corrected chi connectivity index (χ4v) is 2.13. The number of benzene rings is 1. The summed E-state index contributed by atoms with van der Waals surface area (Å²) >= 11 is 0. The van der Waals surface area contributed by atoms with Crippen LogP contribution in [0.2, 0.25) is 0 Å². The van der Waals surface area contributed by atoms with Crippen LogP contribution in [0, 0.1) is 0 Å². The van der Waals surface area contributed by atoms with Gasteiger partial charge in [0.25, 0.3) is 0 Å². The van der Waals surface area contributed by atoms with Gasteiger partial charge in [-0.05, 0) is 12.1 Å². The number of rotatable bonds is 4. The molecule has 1 saturated heterocycles. The van der Waals surface area contributed by atoms with E-state index in [2.05, 4.69) is 4.90 Å². The second-order valence-electron chi connectivity index (χ2n) is 3.93. The highest BCUT2D eigenvalue weighted by Crippen LogP contribution is 2.29. The molecule has 1 aromatic rings. The lowest BCUT2D eigenvalue weighted by atomic mass is 10.1. The zero-order chi connectivity index (χ0) is 12.1. The summed E-state index contributed by atoms with van der Waals surface area (Å²) in [6.45, 7) is 3.19. The Hall–Kier alpha value is -1.55. The second kappa shape index (κ2) is 5.68. The Morgan fingerprint density at radius 1 is 1.41 bits per heavy atom. The highest BCUT2D eigenvalue weighted by atomic mass is 16.5. The van der Waals surface area contributed by atoms with Crippen LogP contribution in [0.1, 0.15) is 5.56 Å². The van der Waals surface area contributed by atoms with Crippen LogP contribution in [0.5, 0.6) is 5.75 Å². The number of hydrogen-bond donors (Lipinski definition) is 0. The molecule has 1 aliphatic heterocycles. The molecule has 1 fully saturated rings. The molecule has 0 saturated carbocycles. The summed E-state index contributed by atoms with van der Waals surface area (Å²) in [6, 6.07) is 5.88. The molecule has 4 nitrogen and oxygen atoms in total. The molecule has 17 heavy (non-hydrogen) atoms. The van der Waals surface area contributed by atoms with Crippen molar-refractivity contribution in [2.45, 2.75) is 6.42 Å². The van der Waals surface area contributed by atoms with Gasteiger partial charge in [0.15, 0.2) is 0 Å². The Morgan fingerprint density at radius 2 is 2.18 bits per heavy atom. The highest BCUT2D eigenvalue weighted by Gasteiger charge is 2.17. The van der Waals surface area contributed by atoms with Crippen LogP contribution >= 0.6 is 0 Å². The molecule has 0 spiro atoms. The largest absolute Gasteiger partial charge is 0.496 e. The van der Waals surface area contributed by atoms with Gasteiger partial charge >= 0.3 is 0 Å². The minimum atomic E-state index is 0.386. The van der Waals surface area contributed by atoms with E-state index in [1.807, 2.05) is 18.2 Å². The Labute approximate surface area is 101 Å². The van der Waals surface area contributed by atoms with E-state index in [0.717, 1.165) is 49.6 Å². The zero-order valence-electron chi connectivity index (χ0n) is 10.0. The Bertz CT molecular complexity index is 386. The summed E-state index contributed by atoms with van der Waals surface area (Å²) in [6.07, 6.45) is 1.30. The third kappa shape index (κ3) is 2.58. The van der Waals surface area contributed by atoms with E-state index < -0.39 is 0 Å². The third-order valence-corrected chi connectivity index (χ3v) is 2.97. The van der Waals surface area contributed by atoms with Crippen molar-refractivity contribution >= 4 is 12.0 Å². The molecule has 0 N–H and O–H groups in total. The molecule has 0 aromatic heterocycles. The first-order valence-electron chi connectivity index (χ1n) is 5.79. The van der Waals surface area contributed by atoms with Gasteiger partial charge in [-0.25, -0.2) is 0 Å². The van der Waals surface area contributed by atoms with Crippen LogP contribution in [0.4, 0.5) is 5.69 Å². The van der Waals surface area contributed by atoms with Crippen LogP contribution in [0.25, 0.3) is 0 Å². The Balaban J connectivity index is 2.33. The van der Waals surface area contributed by atoms with Crippen LogP contribution in [-0.4, -0.2) is 39.7 Å². The standard InChI is InChI=1S/C13H17NO3/c1-16-13-4-2-3-12(11(13)5-8-15)14-6-9-17-10-7-14/h2-4,8H,5-7,9-10H2,1H3. The van der Waals surface area contributed by atoms with Gasteiger partial charge in [0, 0.05) is 30.8 Å². The minimum absolute atomic E-state index is 0.386. The number of methoxy groups -OCH3 is 1. The van der Waals surface area contributed by atoms with Gasteiger partial charge in [0.2, 0.25) is 0 Å². The van der Waals surface area contributed by atoms with Crippen molar-refractivity contribution in [3.8, 4) is 5.75 Å². The lowest BCUT2D eigenvalue weighted by Crippen LogP contribution is -2.36. The van der Waals surface area contributed by atoms with E-state index in [0.29, 0.717) is 6.42 Å². The van der Waals surface area contributed by atoms with E-state index in [-0.39, 0.29) is 0 Å². The Morgan fingerprint density at radius 3 is 2.82 bits per heavy atom. The first-order chi connectivity index (χ1) is 8.36. The van der Waals surface area contributed by atoms with Crippen molar-refractivity contribution in [3.05, 3.63) is 23.8 Å². The van der Waals surface area contributed by atoms with E-state index >= 15 is 0 Å². The molecule has 1 heterocycles. The average Bonchev–Trinajstić information content (AvgIpc) is 2.40. The number of morpholine rings is 1. The smallest absolute Gasteiger partial charge is 0.124 e. The maximum absolute atomic E-state index is 10.8. The van der Waals surface area contributed by atoms with Crippen molar-refractivity contribution in [2.75, 3.05) is 38.3 Å². The maximum Gasteiger partial charge on any atom is 0.124 e. The summed E-state index contributed by atoms with van der Waals surface area (Å²) < 4.78 is 10.6. The highest BCUT2D eigenvalue weighted by molar-refractivity contribution is 5.68. The van der Waals surface area contributed by atoms with Gasteiger partial charge in [-0.3, -0.25) is 0 Å². The zero-order valence-corrected chi connectivity index (χ0v) is 10.0. The maximum atomic E-state index is 10.8. The predicted molar refractivity (Wildman–Crippen MR) is 65.8 cm³/mol. The molecule has 1 aromatic carbocycles. The second-order valence-corrected chi connectivity index (χ2v) is 3.93. The topological polar surface area (TPSA) is 38.8 Å². The third-order valence-electron chi connectivity index (χ3n) is 2.97.